The zero-order valence-corrected chi connectivity index (χ0v) is 8.82. The smallest absolute Gasteiger partial charge is 0.131 e. The number of piperidine rings is 1. The normalized spacial score (nSPS) is 23.9. The zero-order valence-electron chi connectivity index (χ0n) is 8.82. The van der Waals surface area contributed by atoms with Crippen LogP contribution in [0.25, 0.3) is 0 Å². The Bertz CT molecular complexity index is 324. The van der Waals surface area contributed by atoms with Crippen molar-refractivity contribution in [1.29, 1.82) is 0 Å². The van der Waals surface area contributed by atoms with Crippen LogP contribution in [0.4, 0.5) is 5.82 Å². The number of rotatable bonds is 1. The molecule has 1 spiro atoms. The van der Waals surface area contributed by atoms with Gasteiger partial charge < -0.3 is 10.2 Å². The van der Waals surface area contributed by atoms with Crippen LogP contribution in [-0.4, -0.2) is 36.1 Å². The average molecular weight is 204 g/mol. The standard InChI is InChI=1S/C11H16N4/c1-4-13-9-14-10(1)15-7-11(8-15)2-5-12-6-3-11/h1,4,9,12H,2-3,5-8H2. The largest absolute Gasteiger partial charge is 0.355 e. The Morgan fingerprint density at radius 1 is 1.27 bits per heavy atom. The van der Waals surface area contributed by atoms with Crippen molar-refractivity contribution in [3.05, 3.63) is 18.6 Å². The number of hydrogen-bond acceptors (Lipinski definition) is 4. The van der Waals surface area contributed by atoms with Gasteiger partial charge in [0.2, 0.25) is 0 Å². The molecule has 1 N–H and O–H groups in total. The molecule has 0 bridgehead atoms. The predicted molar refractivity (Wildman–Crippen MR) is 58.8 cm³/mol. The molecule has 15 heavy (non-hydrogen) atoms. The van der Waals surface area contributed by atoms with Crippen LogP contribution >= 0.6 is 0 Å². The van der Waals surface area contributed by atoms with Crippen LogP contribution in [0.5, 0.6) is 0 Å². The Morgan fingerprint density at radius 2 is 2.07 bits per heavy atom. The summed E-state index contributed by atoms with van der Waals surface area (Å²) >= 11 is 0. The van der Waals surface area contributed by atoms with Gasteiger partial charge in [0.05, 0.1) is 0 Å². The fourth-order valence-electron chi connectivity index (χ4n) is 2.67. The zero-order chi connectivity index (χ0) is 10.1. The number of hydrogen-bond donors (Lipinski definition) is 1. The molecule has 4 heteroatoms. The van der Waals surface area contributed by atoms with Crippen molar-refractivity contribution in [2.45, 2.75) is 12.8 Å². The minimum atomic E-state index is 0.580. The van der Waals surface area contributed by atoms with Crippen LogP contribution in [0.1, 0.15) is 12.8 Å². The van der Waals surface area contributed by atoms with E-state index in [1.807, 2.05) is 12.3 Å². The van der Waals surface area contributed by atoms with Crippen LogP contribution in [0, 0.1) is 5.41 Å². The Morgan fingerprint density at radius 3 is 2.73 bits per heavy atom. The first-order chi connectivity index (χ1) is 7.38. The van der Waals surface area contributed by atoms with E-state index >= 15 is 0 Å². The van der Waals surface area contributed by atoms with Crippen LogP contribution in [0.3, 0.4) is 0 Å². The summed E-state index contributed by atoms with van der Waals surface area (Å²) in [7, 11) is 0. The van der Waals surface area contributed by atoms with Gasteiger partial charge in [-0.3, -0.25) is 0 Å². The number of anilines is 1. The van der Waals surface area contributed by atoms with E-state index in [2.05, 4.69) is 20.2 Å². The molecular weight excluding hydrogens is 188 g/mol. The van der Waals surface area contributed by atoms with Crippen molar-refractivity contribution in [3.63, 3.8) is 0 Å². The SMILES string of the molecule is c1cc(N2CC3(CCNCC3)C2)ncn1. The maximum atomic E-state index is 4.28. The number of nitrogens with one attached hydrogen (secondary N) is 1. The molecule has 1 aromatic rings. The highest BCUT2D eigenvalue weighted by molar-refractivity contribution is 5.41. The van der Waals surface area contributed by atoms with Crippen molar-refractivity contribution < 1.29 is 0 Å². The highest BCUT2D eigenvalue weighted by Gasteiger charge is 2.43. The van der Waals surface area contributed by atoms with Gasteiger partial charge in [0, 0.05) is 24.7 Å². The van der Waals surface area contributed by atoms with E-state index in [4.69, 9.17) is 0 Å². The lowest BCUT2D eigenvalue weighted by Crippen LogP contribution is -2.60. The quantitative estimate of drug-likeness (QED) is 0.730. The molecule has 0 radical (unpaired) electrons. The van der Waals surface area contributed by atoms with E-state index in [-0.39, 0.29) is 0 Å². The summed E-state index contributed by atoms with van der Waals surface area (Å²) < 4.78 is 0. The van der Waals surface area contributed by atoms with E-state index in [1.165, 1.54) is 39.0 Å². The third-order valence-corrected chi connectivity index (χ3v) is 3.61. The molecule has 3 heterocycles. The van der Waals surface area contributed by atoms with E-state index in [1.54, 1.807) is 6.33 Å². The molecular formula is C11H16N4. The van der Waals surface area contributed by atoms with Crippen LogP contribution in [-0.2, 0) is 0 Å². The van der Waals surface area contributed by atoms with E-state index in [9.17, 15) is 0 Å². The number of aromatic nitrogens is 2. The van der Waals surface area contributed by atoms with E-state index < -0.39 is 0 Å². The van der Waals surface area contributed by atoms with Crippen molar-refractivity contribution >= 4 is 5.82 Å². The third kappa shape index (κ3) is 1.59. The Balaban J connectivity index is 1.66. The first-order valence-electron chi connectivity index (χ1n) is 5.60. The number of nitrogens with zero attached hydrogens (tertiary/aromatic N) is 3. The molecule has 0 saturated carbocycles. The first kappa shape index (κ1) is 9.09. The Kier molecular flexibility index (Phi) is 2.09. The lowest BCUT2D eigenvalue weighted by atomic mass is 9.72. The van der Waals surface area contributed by atoms with Gasteiger partial charge in [-0.1, -0.05) is 0 Å². The van der Waals surface area contributed by atoms with Crippen molar-refractivity contribution in [2.24, 2.45) is 5.41 Å². The van der Waals surface area contributed by atoms with Crippen molar-refractivity contribution in [3.8, 4) is 0 Å². The summed E-state index contributed by atoms with van der Waals surface area (Å²) in [6, 6.07) is 1.99. The maximum absolute atomic E-state index is 4.28. The highest BCUT2D eigenvalue weighted by atomic mass is 15.3. The predicted octanol–water partition coefficient (Wildman–Crippen LogP) is 0.666. The molecule has 0 aliphatic carbocycles. The van der Waals surface area contributed by atoms with Crippen LogP contribution < -0.4 is 10.2 Å². The molecule has 0 atom stereocenters. The Hall–Kier alpha value is -1.16. The lowest BCUT2D eigenvalue weighted by molar-refractivity contribution is 0.149. The molecule has 4 nitrogen and oxygen atoms in total. The molecule has 2 saturated heterocycles. The van der Waals surface area contributed by atoms with Gasteiger partial charge in [-0.05, 0) is 32.0 Å². The summed E-state index contributed by atoms with van der Waals surface area (Å²) in [5, 5.41) is 3.42. The van der Waals surface area contributed by atoms with Gasteiger partial charge in [-0.25, -0.2) is 9.97 Å². The van der Waals surface area contributed by atoms with E-state index in [0.29, 0.717) is 5.41 Å². The van der Waals surface area contributed by atoms with Gasteiger partial charge in [0.1, 0.15) is 12.1 Å². The molecule has 2 aliphatic rings. The third-order valence-electron chi connectivity index (χ3n) is 3.61. The molecule has 0 unspecified atom stereocenters. The summed E-state index contributed by atoms with van der Waals surface area (Å²) in [5.74, 6) is 1.08. The molecule has 0 aromatic carbocycles. The summed E-state index contributed by atoms with van der Waals surface area (Å²) in [5.41, 5.74) is 0.580. The lowest BCUT2D eigenvalue weighted by Gasteiger charge is -2.53. The van der Waals surface area contributed by atoms with Gasteiger partial charge in [-0.15, -0.1) is 0 Å². The summed E-state index contributed by atoms with van der Waals surface area (Å²) in [6.07, 6.45) is 6.07. The van der Waals surface area contributed by atoms with Gasteiger partial charge in [0.25, 0.3) is 0 Å². The molecule has 0 amide bonds. The summed E-state index contributed by atoms with van der Waals surface area (Å²) in [6.45, 7) is 4.70. The molecule has 3 rings (SSSR count). The second kappa shape index (κ2) is 3.45. The molecule has 1 aromatic heterocycles. The van der Waals surface area contributed by atoms with Crippen molar-refractivity contribution in [2.75, 3.05) is 31.1 Å². The highest BCUT2D eigenvalue weighted by Crippen LogP contribution is 2.40. The van der Waals surface area contributed by atoms with Gasteiger partial charge in [0.15, 0.2) is 0 Å². The second-order valence-corrected chi connectivity index (χ2v) is 4.67. The fraction of sp³-hybridized carbons (Fsp3) is 0.636. The first-order valence-corrected chi connectivity index (χ1v) is 5.60. The Labute approximate surface area is 89.7 Å². The summed E-state index contributed by atoms with van der Waals surface area (Å²) in [4.78, 5) is 10.6. The minimum absolute atomic E-state index is 0.580. The molecule has 2 fully saturated rings. The van der Waals surface area contributed by atoms with Gasteiger partial charge >= 0.3 is 0 Å². The van der Waals surface area contributed by atoms with Gasteiger partial charge in [-0.2, -0.15) is 0 Å². The van der Waals surface area contributed by atoms with Crippen LogP contribution in [0.2, 0.25) is 0 Å². The topological polar surface area (TPSA) is 41.0 Å². The second-order valence-electron chi connectivity index (χ2n) is 4.67. The molecule has 2 aliphatic heterocycles. The minimum Gasteiger partial charge on any atom is -0.355 e. The van der Waals surface area contributed by atoms with Crippen LogP contribution in [0.15, 0.2) is 18.6 Å². The van der Waals surface area contributed by atoms with Crippen molar-refractivity contribution in [1.82, 2.24) is 15.3 Å². The monoisotopic (exact) mass is 204 g/mol. The maximum Gasteiger partial charge on any atom is 0.131 e. The average Bonchev–Trinajstić information content (AvgIpc) is 2.28. The van der Waals surface area contributed by atoms with E-state index in [0.717, 1.165) is 5.82 Å². The molecule has 80 valence electrons. The fourth-order valence-corrected chi connectivity index (χ4v) is 2.67.